The van der Waals surface area contributed by atoms with Crippen LogP contribution in [0.15, 0.2) is 24.7 Å². The van der Waals surface area contributed by atoms with Gasteiger partial charge in [-0.25, -0.2) is 19.7 Å². The Hall–Kier alpha value is -3.07. The summed E-state index contributed by atoms with van der Waals surface area (Å²) in [6, 6.07) is 4.41. The van der Waals surface area contributed by atoms with E-state index < -0.39 is 5.60 Å². The first kappa shape index (κ1) is 24.3. The molecule has 3 aliphatic rings. The number of anilines is 2. The van der Waals surface area contributed by atoms with Crippen LogP contribution in [0.25, 0.3) is 11.0 Å². The molecule has 3 atom stereocenters. The number of amides is 1. The van der Waals surface area contributed by atoms with Gasteiger partial charge in [0.1, 0.15) is 28.5 Å². The van der Waals surface area contributed by atoms with Crippen molar-refractivity contribution in [3.63, 3.8) is 0 Å². The Balaban J connectivity index is 1.26. The normalized spacial score (nSPS) is 25.3. The Kier molecular flexibility index (Phi) is 5.93. The Labute approximate surface area is 222 Å². The van der Waals surface area contributed by atoms with E-state index in [1.165, 1.54) is 5.56 Å². The summed E-state index contributed by atoms with van der Waals surface area (Å²) in [7, 11) is 0. The van der Waals surface area contributed by atoms with Crippen molar-refractivity contribution in [2.45, 2.75) is 71.2 Å². The van der Waals surface area contributed by atoms with E-state index in [1.807, 2.05) is 33.0 Å². The van der Waals surface area contributed by atoms with Crippen molar-refractivity contribution < 1.29 is 9.53 Å². The van der Waals surface area contributed by atoms with Crippen molar-refractivity contribution in [3.8, 4) is 0 Å². The van der Waals surface area contributed by atoms with E-state index in [9.17, 15) is 4.79 Å². The summed E-state index contributed by atoms with van der Waals surface area (Å²) < 4.78 is 5.54. The van der Waals surface area contributed by atoms with Crippen LogP contribution in [0.1, 0.15) is 51.8 Å². The SMILES string of the molecule is C[C@@H]1Cc2ncnc(N3CC4CCC(C3)C4NC(=O)OC(C)(C)C)c2CN1c1cc(Cl)nc2[nH]ccc12. The predicted molar refractivity (Wildman–Crippen MR) is 144 cm³/mol. The number of rotatable bonds is 3. The second-order valence-electron chi connectivity index (χ2n) is 11.7. The van der Waals surface area contributed by atoms with E-state index in [0.29, 0.717) is 23.5 Å². The summed E-state index contributed by atoms with van der Waals surface area (Å²) in [5, 5.41) is 4.71. The largest absolute Gasteiger partial charge is 0.444 e. The van der Waals surface area contributed by atoms with Gasteiger partial charge in [0, 0.05) is 55.3 Å². The minimum atomic E-state index is -0.502. The number of ether oxygens (including phenoxy) is 1. The molecule has 2 aliphatic heterocycles. The number of nitrogens with zero attached hydrogens (tertiary/aromatic N) is 5. The van der Waals surface area contributed by atoms with Crippen LogP contribution in [0, 0.1) is 11.8 Å². The first-order valence-corrected chi connectivity index (χ1v) is 13.5. The minimum Gasteiger partial charge on any atom is -0.444 e. The molecule has 2 unspecified atom stereocenters. The second-order valence-corrected chi connectivity index (χ2v) is 12.1. The molecular formula is C27H34ClN7O2. The third-order valence-corrected chi connectivity index (χ3v) is 8.16. The fraction of sp³-hybridized carbons (Fsp3) is 0.556. The van der Waals surface area contributed by atoms with Crippen molar-refractivity contribution in [2.75, 3.05) is 22.9 Å². The number of alkyl carbamates (subject to hydrolysis) is 1. The van der Waals surface area contributed by atoms with Crippen LogP contribution in [0.3, 0.4) is 0 Å². The highest BCUT2D eigenvalue weighted by Crippen LogP contribution is 2.41. The molecule has 1 saturated carbocycles. The van der Waals surface area contributed by atoms with Gasteiger partial charge in [0.05, 0.1) is 11.4 Å². The number of nitrogens with one attached hydrogen (secondary N) is 2. The Morgan fingerprint density at radius 1 is 1.22 bits per heavy atom. The quantitative estimate of drug-likeness (QED) is 0.480. The standard InChI is InChI=1S/C27H34ClN7O2/c1-15-9-20-19(13-35(15)21-10-22(28)32-24-18(21)7-8-29-24)25(31-14-30-20)34-11-16-5-6-17(12-34)23(16)33-26(36)37-27(2,3)4/h7-8,10,14-17,23H,5-6,9,11-13H2,1-4H3,(H,29,32)(H,33,36)/t15-,16?,17?,23?/m1/s1. The van der Waals surface area contributed by atoms with Gasteiger partial charge in [0.2, 0.25) is 0 Å². The maximum atomic E-state index is 12.5. The zero-order valence-corrected chi connectivity index (χ0v) is 22.5. The van der Waals surface area contributed by atoms with Crippen molar-refractivity contribution in [1.29, 1.82) is 0 Å². The number of hydrogen-bond acceptors (Lipinski definition) is 7. The highest BCUT2D eigenvalue weighted by Gasteiger charge is 2.44. The molecule has 0 radical (unpaired) electrons. The van der Waals surface area contributed by atoms with Gasteiger partial charge in [0.25, 0.3) is 0 Å². The molecule has 1 aliphatic carbocycles. The highest BCUT2D eigenvalue weighted by molar-refractivity contribution is 6.30. The number of carbonyl (C=O) groups is 1. The molecule has 37 heavy (non-hydrogen) atoms. The maximum Gasteiger partial charge on any atom is 0.407 e. The molecule has 6 rings (SSSR count). The molecule has 9 nitrogen and oxygen atoms in total. The number of aromatic nitrogens is 4. The van der Waals surface area contributed by atoms with Crippen LogP contribution in [0.2, 0.25) is 5.15 Å². The molecule has 3 aromatic heterocycles. The van der Waals surface area contributed by atoms with Gasteiger partial charge in [-0.2, -0.15) is 0 Å². The fourth-order valence-electron chi connectivity index (χ4n) is 6.39. The van der Waals surface area contributed by atoms with Crippen molar-refractivity contribution in [2.24, 2.45) is 11.8 Å². The van der Waals surface area contributed by atoms with Crippen molar-refractivity contribution >= 4 is 40.2 Å². The van der Waals surface area contributed by atoms with Crippen LogP contribution in [-0.4, -0.2) is 56.8 Å². The first-order valence-electron chi connectivity index (χ1n) is 13.1. The van der Waals surface area contributed by atoms with E-state index in [-0.39, 0.29) is 18.2 Å². The molecule has 3 aromatic rings. The van der Waals surface area contributed by atoms with Gasteiger partial charge in [-0.15, -0.1) is 0 Å². The van der Waals surface area contributed by atoms with E-state index in [4.69, 9.17) is 21.3 Å². The number of H-pyrrole nitrogens is 1. The molecule has 2 bridgehead atoms. The molecule has 196 valence electrons. The Morgan fingerprint density at radius 2 is 1.97 bits per heavy atom. The molecule has 10 heteroatoms. The van der Waals surface area contributed by atoms with E-state index in [2.05, 4.69) is 43.1 Å². The van der Waals surface area contributed by atoms with Crippen LogP contribution in [0.4, 0.5) is 16.3 Å². The average Bonchev–Trinajstić information content (AvgIpc) is 3.36. The number of halogens is 1. The van der Waals surface area contributed by atoms with Gasteiger partial charge in [-0.3, -0.25) is 0 Å². The number of carbonyl (C=O) groups excluding carboxylic acids is 1. The molecule has 2 N–H and O–H groups in total. The number of pyridine rings is 1. The van der Waals surface area contributed by atoms with E-state index in [1.54, 1.807) is 6.33 Å². The predicted octanol–water partition coefficient (Wildman–Crippen LogP) is 4.70. The van der Waals surface area contributed by atoms with Gasteiger partial charge in [-0.1, -0.05) is 11.6 Å². The zero-order chi connectivity index (χ0) is 25.9. The van der Waals surface area contributed by atoms with Gasteiger partial charge >= 0.3 is 6.09 Å². The monoisotopic (exact) mass is 523 g/mol. The third kappa shape index (κ3) is 4.58. The average molecular weight is 524 g/mol. The van der Waals surface area contributed by atoms with Gasteiger partial charge in [-0.05, 0) is 64.5 Å². The number of piperidine rings is 1. The molecule has 5 heterocycles. The lowest BCUT2D eigenvalue weighted by Gasteiger charge is -2.42. The third-order valence-electron chi connectivity index (χ3n) is 7.96. The van der Waals surface area contributed by atoms with E-state index >= 15 is 0 Å². The van der Waals surface area contributed by atoms with Crippen molar-refractivity contribution in [3.05, 3.63) is 41.1 Å². The lowest BCUT2D eigenvalue weighted by Crippen LogP contribution is -2.54. The maximum absolute atomic E-state index is 12.5. The molecule has 1 amide bonds. The molecule has 2 fully saturated rings. The Morgan fingerprint density at radius 3 is 2.70 bits per heavy atom. The summed E-state index contributed by atoms with van der Waals surface area (Å²) >= 11 is 6.40. The molecule has 0 spiro atoms. The van der Waals surface area contributed by atoms with E-state index in [0.717, 1.165) is 60.6 Å². The topological polar surface area (TPSA) is 99.3 Å². The zero-order valence-electron chi connectivity index (χ0n) is 21.8. The highest BCUT2D eigenvalue weighted by atomic mass is 35.5. The summed E-state index contributed by atoms with van der Waals surface area (Å²) in [6.07, 6.45) is 6.31. The second kappa shape index (κ2) is 9.04. The number of hydrogen-bond donors (Lipinski definition) is 2. The molecular weight excluding hydrogens is 490 g/mol. The van der Waals surface area contributed by atoms with Crippen LogP contribution in [-0.2, 0) is 17.7 Å². The molecule has 0 aromatic carbocycles. The van der Waals surface area contributed by atoms with Crippen LogP contribution >= 0.6 is 11.6 Å². The first-order chi connectivity index (χ1) is 17.7. The van der Waals surface area contributed by atoms with Crippen LogP contribution in [0.5, 0.6) is 0 Å². The van der Waals surface area contributed by atoms with Gasteiger partial charge < -0.3 is 24.8 Å². The lowest BCUT2D eigenvalue weighted by atomic mass is 9.91. The summed E-state index contributed by atoms with van der Waals surface area (Å²) in [5.74, 6) is 1.75. The van der Waals surface area contributed by atoms with Crippen LogP contribution < -0.4 is 15.1 Å². The summed E-state index contributed by atoms with van der Waals surface area (Å²) in [5.41, 5.74) is 3.65. The smallest absolute Gasteiger partial charge is 0.407 e. The Bertz CT molecular complexity index is 1320. The van der Waals surface area contributed by atoms with Crippen molar-refractivity contribution in [1.82, 2.24) is 25.3 Å². The minimum absolute atomic E-state index is 0.140. The number of fused-ring (bicyclic) bond motifs is 4. The lowest BCUT2D eigenvalue weighted by molar-refractivity contribution is 0.0472. The number of aromatic amines is 1. The van der Waals surface area contributed by atoms with Gasteiger partial charge in [0.15, 0.2) is 0 Å². The molecule has 1 saturated heterocycles. The summed E-state index contributed by atoms with van der Waals surface area (Å²) in [4.78, 5) is 34.4. The summed E-state index contributed by atoms with van der Waals surface area (Å²) in [6.45, 7) is 10.3. The fourth-order valence-corrected chi connectivity index (χ4v) is 6.58.